The fourth-order valence-electron chi connectivity index (χ4n) is 2.89. The lowest BCUT2D eigenvalue weighted by Crippen LogP contribution is -2.18. The number of thioether (sulfide) groups is 1. The molecule has 2 heterocycles. The number of hydrogen-bond acceptors (Lipinski definition) is 9. The van der Waals surface area contributed by atoms with E-state index in [-0.39, 0.29) is 22.6 Å². The van der Waals surface area contributed by atoms with Gasteiger partial charge >= 0.3 is 11.9 Å². The van der Waals surface area contributed by atoms with Crippen molar-refractivity contribution in [3.63, 3.8) is 0 Å². The van der Waals surface area contributed by atoms with E-state index in [1.54, 1.807) is 24.5 Å². The zero-order chi connectivity index (χ0) is 23.8. The fourth-order valence-corrected chi connectivity index (χ4v) is 3.64. The number of nitrogens with zero attached hydrogens (tertiary/aromatic N) is 4. The van der Waals surface area contributed by atoms with Gasteiger partial charge in [0, 0.05) is 24.5 Å². The molecular weight excluding hydrogens is 446 g/mol. The number of carbonyl (C=O) groups excluding carboxylic acids is 3. The summed E-state index contributed by atoms with van der Waals surface area (Å²) in [5.74, 6) is -1.09. The first-order valence-corrected chi connectivity index (χ1v) is 10.6. The summed E-state index contributed by atoms with van der Waals surface area (Å²) in [5, 5.41) is 11.6. The van der Waals surface area contributed by atoms with Gasteiger partial charge in [-0.25, -0.2) is 9.59 Å². The van der Waals surface area contributed by atoms with Crippen LogP contribution in [0.3, 0.4) is 0 Å². The largest absolute Gasteiger partial charge is 0.465 e. The van der Waals surface area contributed by atoms with Gasteiger partial charge in [-0.05, 0) is 30.3 Å². The monoisotopic (exact) mass is 467 g/mol. The maximum absolute atomic E-state index is 12.7. The van der Waals surface area contributed by atoms with Gasteiger partial charge in [0.15, 0.2) is 11.0 Å². The van der Waals surface area contributed by atoms with E-state index in [9.17, 15) is 14.4 Å². The average Bonchev–Trinajstić information content (AvgIpc) is 3.25. The third kappa shape index (κ3) is 5.63. The van der Waals surface area contributed by atoms with Crippen molar-refractivity contribution in [1.29, 1.82) is 0 Å². The smallest absolute Gasteiger partial charge is 0.339 e. The van der Waals surface area contributed by atoms with Gasteiger partial charge in [0.1, 0.15) is 0 Å². The fraction of sp³-hybridized carbons (Fsp3) is 0.182. The Labute approximate surface area is 194 Å². The van der Waals surface area contributed by atoms with E-state index in [1.165, 1.54) is 44.2 Å². The third-order valence-corrected chi connectivity index (χ3v) is 5.37. The molecule has 0 atom stereocenters. The van der Waals surface area contributed by atoms with E-state index in [2.05, 4.69) is 27.1 Å². The van der Waals surface area contributed by atoms with Crippen LogP contribution in [0, 0.1) is 0 Å². The van der Waals surface area contributed by atoms with Crippen LogP contribution in [0.2, 0.25) is 0 Å². The van der Waals surface area contributed by atoms with E-state index < -0.39 is 17.8 Å². The quantitative estimate of drug-likeness (QED) is 0.287. The minimum Gasteiger partial charge on any atom is -0.465 e. The van der Waals surface area contributed by atoms with Crippen LogP contribution in [0.1, 0.15) is 20.7 Å². The molecule has 0 unspecified atom stereocenters. The molecule has 1 N–H and O–H groups in total. The summed E-state index contributed by atoms with van der Waals surface area (Å²) in [7, 11) is 2.47. The normalized spacial score (nSPS) is 10.4. The second kappa shape index (κ2) is 11.0. The number of esters is 2. The molecule has 0 aliphatic carbocycles. The zero-order valence-corrected chi connectivity index (χ0v) is 18.8. The topological polar surface area (TPSA) is 125 Å². The molecule has 0 spiro atoms. The number of aromatic nitrogens is 4. The number of allylic oxidation sites excluding steroid dienone is 1. The molecular formula is C22H21N5O5S. The minimum absolute atomic E-state index is 0.0224. The first kappa shape index (κ1) is 23.7. The molecule has 0 saturated carbocycles. The Hall–Kier alpha value is -3.99. The van der Waals surface area contributed by atoms with Crippen molar-refractivity contribution in [3.8, 4) is 11.4 Å². The number of pyridine rings is 1. The van der Waals surface area contributed by atoms with Gasteiger partial charge in [-0.1, -0.05) is 17.8 Å². The predicted octanol–water partition coefficient (Wildman–Crippen LogP) is 2.83. The van der Waals surface area contributed by atoms with Crippen LogP contribution in [0.4, 0.5) is 5.69 Å². The number of methoxy groups -OCH3 is 2. The van der Waals surface area contributed by atoms with Gasteiger partial charge in [-0.3, -0.25) is 14.3 Å². The zero-order valence-electron chi connectivity index (χ0n) is 18.0. The summed E-state index contributed by atoms with van der Waals surface area (Å²) >= 11 is 1.17. The van der Waals surface area contributed by atoms with Gasteiger partial charge in [0.2, 0.25) is 5.91 Å². The van der Waals surface area contributed by atoms with Gasteiger partial charge in [0.25, 0.3) is 0 Å². The number of nitrogens with one attached hydrogen (secondary N) is 1. The Morgan fingerprint density at radius 3 is 2.61 bits per heavy atom. The number of anilines is 1. The van der Waals surface area contributed by atoms with Gasteiger partial charge in [-0.15, -0.1) is 16.8 Å². The molecule has 1 aromatic carbocycles. The van der Waals surface area contributed by atoms with E-state index in [1.807, 2.05) is 10.6 Å². The van der Waals surface area contributed by atoms with Crippen molar-refractivity contribution >= 4 is 35.3 Å². The summed E-state index contributed by atoms with van der Waals surface area (Å²) in [6.45, 7) is 4.20. The van der Waals surface area contributed by atoms with Crippen LogP contribution in [0.15, 0.2) is 60.5 Å². The molecule has 3 aromatic rings. The number of ether oxygens (including phenoxy) is 2. The molecule has 11 heteroatoms. The van der Waals surface area contributed by atoms with Gasteiger partial charge in [-0.2, -0.15) is 0 Å². The van der Waals surface area contributed by atoms with Crippen molar-refractivity contribution < 1.29 is 23.9 Å². The molecule has 33 heavy (non-hydrogen) atoms. The summed E-state index contributed by atoms with van der Waals surface area (Å²) in [6, 6.07) is 7.83. The molecule has 170 valence electrons. The Balaban J connectivity index is 1.78. The minimum atomic E-state index is -0.652. The Morgan fingerprint density at radius 1 is 1.15 bits per heavy atom. The summed E-state index contributed by atoms with van der Waals surface area (Å²) in [4.78, 5) is 40.7. The molecule has 0 saturated heterocycles. The second-order valence-electron chi connectivity index (χ2n) is 6.53. The molecule has 0 fully saturated rings. The molecule has 0 bridgehead atoms. The highest BCUT2D eigenvalue weighted by molar-refractivity contribution is 7.99. The van der Waals surface area contributed by atoms with Crippen molar-refractivity contribution in [1.82, 2.24) is 19.7 Å². The number of rotatable bonds is 9. The molecule has 10 nitrogen and oxygen atoms in total. The number of benzene rings is 1. The molecule has 1 amide bonds. The van der Waals surface area contributed by atoms with Gasteiger partial charge in [0.05, 0.1) is 36.8 Å². The Kier molecular flexibility index (Phi) is 7.92. The molecule has 2 aromatic heterocycles. The molecule has 0 radical (unpaired) electrons. The van der Waals surface area contributed by atoms with Crippen molar-refractivity contribution in [2.75, 3.05) is 25.3 Å². The van der Waals surface area contributed by atoms with Crippen LogP contribution in [-0.2, 0) is 20.8 Å². The van der Waals surface area contributed by atoms with E-state index in [0.717, 1.165) is 5.56 Å². The first-order chi connectivity index (χ1) is 16.0. The van der Waals surface area contributed by atoms with Crippen LogP contribution in [-0.4, -0.2) is 57.6 Å². The van der Waals surface area contributed by atoms with Crippen molar-refractivity contribution in [2.45, 2.75) is 11.7 Å². The third-order valence-electron chi connectivity index (χ3n) is 4.40. The Morgan fingerprint density at radius 2 is 1.94 bits per heavy atom. The highest BCUT2D eigenvalue weighted by atomic mass is 32.2. The average molecular weight is 468 g/mol. The van der Waals surface area contributed by atoms with Crippen LogP contribution in [0.5, 0.6) is 0 Å². The van der Waals surface area contributed by atoms with E-state index >= 15 is 0 Å². The second-order valence-corrected chi connectivity index (χ2v) is 7.47. The lowest BCUT2D eigenvalue weighted by molar-refractivity contribution is -0.113. The maximum atomic E-state index is 12.7. The molecule has 3 rings (SSSR count). The van der Waals surface area contributed by atoms with Crippen LogP contribution < -0.4 is 5.32 Å². The highest BCUT2D eigenvalue weighted by Crippen LogP contribution is 2.25. The van der Waals surface area contributed by atoms with E-state index in [0.29, 0.717) is 17.5 Å². The Bertz CT molecular complexity index is 1180. The van der Waals surface area contributed by atoms with Crippen molar-refractivity contribution in [3.05, 3.63) is 66.5 Å². The van der Waals surface area contributed by atoms with Crippen LogP contribution in [0.25, 0.3) is 11.4 Å². The lowest BCUT2D eigenvalue weighted by atomic mass is 10.1. The van der Waals surface area contributed by atoms with Crippen LogP contribution >= 0.6 is 11.8 Å². The summed E-state index contributed by atoms with van der Waals surface area (Å²) in [5.41, 5.74) is 1.21. The first-order valence-electron chi connectivity index (χ1n) is 9.66. The number of amides is 1. The maximum Gasteiger partial charge on any atom is 0.339 e. The number of hydrogen-bond donors (Lipinski definition) is 1. The summed E-state index contributed by atoms with van der Waals surface area (Å²) < 4.78 is 11.3. The van der Waals surface area contributed by atoms with Gasteiger partial charge < -0.3 is 14.8 Å². The predicted molar refractivity (Wildman–Crippen MR) is 122 cm³/mol. The van der Waals surface area contributed by atoms with E-state index in [4.69, 9.17) is 9.47 Å². The highest BCUT2D eigenvalue weighted by Gasteiger charge is 2.19. The number of carbonyl (C=O) groups is 3. The molecule has 0 aliphatic heterocycles. The standard InChI is InChI=1S/C22H21N5O5S/c1-4-10-27-19(15-6-5-9-23-12-15)25-26-22(27)33-13-18(28)24-17-11-14(20(29)31-2)7-8-16(17)21(30)32-3/h4-9,11-12H,1,10,13H2,2-3H3,(H,24,28). The molecule has 0 aliphatic rings. The summed E-state index contributed by atoms with van der Waals surface area (Å²) in [6.07, 6.45) is 5.04. The SMILES string of the molecule is C=CCn1c(SCC(=O)Nc2cc(C(=O)OC)ccc2C(=O)OC)nnc1-c1cccnc1. The lowest BCUT2D eigenvalue weighted by Gasteiger charge is -2.11. The van der Waals surface area contributed by atoms with Crippen molar-refractivity contribution in [2.24, 2.45) is 0 Å².